The highest BCUT2D eigenvalue weighted by atomic mass is 19.1. The fraction of sp³-hybridized carbons (Fsp3) is 0.200. The molecule has 1 unspecified atom stereocenters. The number of halogens is 1. The molecule has 0 aliphatic rings. The molecule has 0 saturated carbocycles. The highest BCUT2D eigenvalue weighted by Crippen LogP contribution is 2.23. The van der Waals surface area contributed by atoms with E-state index in [0.717, 1.165) is 5.56 Å². The molecule has 6 nitrogen and oxygen atoms in total. The lowest BCUT2D eigenvalue weighted by molar-refractivity contribution is 0.117. The number of carbonyl (C=O) groups is 1. The van der Waals surface area contributed by atoms with Crippen LogP contribution in [0.25, 0.3) is 0 Å². The van der Waals surface area contributed by atoms with Crippen LogP contribution in [0.4, 0.5) is 20.8 Å². The predicted molar refractivity (Wildman–Crippen MR) is 81.5 cm³/mol. The molecule has 2 aromatic rings. The van der Waals surface area contributed by atoms with E-state index in [2.05, 4.69) is 10.3 Å². The highest BCUT2D eigenvalue weighted by Gasteiger charge is 2.13. The van der Waals surface area contributed by atoms with Crippen molar-refractivity contribution in [2.75, 3.05) is 11.1 Å². The molecule has 1 aromatic carbocycles. The molecule has 22 heavy (non-hydrogen) atoms. The van der Waals surface area contributed by atoms with Crippen LogP contribution in [0.2, 0.25) is 0 Å². The van der Waals surface area contributed by atoms with Gasteiger partial charge in [0.2, 0.25) is 0 Å². The minimum atomic E-state index is -0.870. The van der Waals surface area contributed by atoms with Gasteiger partial charge < -0.3 is 21.5 Å². The first-order chi connectivity index (χ1) is 10.5. The van der Waals surface area contributed by atoms with Crippen LogP contribution < -0.4 is 16.8 Å². The van der Waals surface area contributed by atoms with Gasteiger partial charge in [-0.2, -0.15) is 0 Å². The Morgan fingerprint density at radius 1 is 1.32 bits per heavy atom. The monoisotopic (exact) mass is 304 g/mol. The van der Waals surface area contributed by atoms with Gasteiger partial charge in [-0.05, 0) is 36.8 Å². The van der Waals surface area contributed by atoms with Crippen molar-refractivity contribution in [3.8, 4) is 0 Å². The Morgan fingerprint density at radius 2 is 2.00 bits per heavy atom. The molecule has 1 heterocycles. The van der Waals surface area contributed by atoms with Gasteiger partial charge in [0.15, 0.2) is 0 Å². The quantitative estimate of drug-likeness (QED) is 0.787. The third-order valence-electron chi connectivity index (χ3n) is 3.08. The Bertz CT molecular complexity index is 661. The van der Waals surface area contributed by atoms with E-state index in [-0.39, 0.29) is 11.6 Å². The zero-order valence-corrected chi connectivity index (χ0v) is 12.0. The van der Waals surface area contributed by atoms with Gasteiger partial charge >= 0.3 is 6.09 Å². The van der Waals surface area contributed by atoms with E-state index in [0.29, 0.717) is 17.9 Å². The maximum Gasteiger partial charge on any atom is 0.405 e. The van der Waals surface area contributed by atoms with Crippen LogP contribution in [0, 0.1) is 5.82 Å². The number of ether oxygens (including phenoxy) is 1. The van der Waals surface area contributed by atoms with Gasteiger partial charge in [-0.25, -0.2) is 14.2 Å². The summed E-state index contributed by atoms with van der Waals surface area (Å²) >= 11 is 0. The van der Waals surface area contributed by atoms with Gasteiger partial charge in [0, 0.05) is 12.1 Å². The Labute approximate surface area is 127 Å². The second-order valence-corrected chi connectivity index (χ2v) is 4.73. The zero-order chi connectivity index (χ0) is 16.1. The van der Waals surface area contributed by atoms with Crippen molar-refractivity contribution in [3.05, 3.63) is 53.3 Å². The maximum atomic E-state index is 12.8. The summed E-state index contributed by atoms with van der Waals surface area (Å²) < 4.78 is 17.7. The number of nitrogens with zero attached hydrogens (tertiary/aromatic N) is 1. The molecule has 0 radical (unpaired) electrons. The number of aromatic nitrogens is 1. The maximum absolute atomic E-state index is 12.8. The summed E-state index contributed by atoms with van der Waals surface area (Å²) in [4.78, 5) is 14.9. The Hall–Kier alpha value is -2.83. The molecule has 0 aliphatic heterocycles. The topological polar surface area (TPSA) is 103 Å². The zero-order valence-electron chi connectivity index (χ0n) is 12.0. The Morgan fingerprint density at radius 3 is 2.59 bits per heavy atom. The van der Waals surface area contributed by atoms with Crippen molar-refractivity contribution in [2.24, 2.45) is 5.73 Å². The van der Waals surface area contributed by atoms with Gasteiger partial charge in [0.1, 0.15) is 23.6 Å². The number of hydrogen-bond acceptors (Lipinski definition) is 5. The average molecular weight is 304 g/mol. The second kappa shape index (κ2) is 6.75. The summed E-state index contributed by atoms with van der Waals surface area (Å²) in [5.74, 6) is 0.536. The number of hydrogen-bond donors (Lipinski definition) is 3. The molecule has 0 saturated heterocycles. The number of primary amides is 1. The van der Waals surface area contributed by atoms with Gasteiger partial charge in [-0.3, -0.25) is 0 Å². The van der Waals surface area contributed by atoms with Crippen LogP contribution in [0.15, 0.2) is 36.4 Å². The van der Waals surface area contributed by atoms with E-state index in [1.165, 1.54) is 12.1 Å². The van der Waals surface area contributed by atoms with Crippen molar-refractivity contribution in [2.45, 2.75) is 19.6 Å². The summed E-state index contributed by atoms with van der Waals surface area (Å²) in [6.45, 7) is 2.14. The minimum absolute atomic E-state index is 0.248. The molecule has 7 heteroatoms. The lowest BCUT2D eigenvalue weighted by Crippen LogP contribution is -2.17. The molecule has 0 spiro atoms. The van der Waals surface area contributed by atoms with Crippen LogP contribution in [0.5, 0.6) is 0 Å². The number of anilines is 2. The first-order valence-electron chi connectivity index (χ1n) is 6.66. The lowest BCUT2D eigenvalue weighted by atomic mass is 10.1. The molecule has 1 amide bonds. The van der Waals surface area contributed by atoms with Crippen LogP contribution in [0.1, 0.15) is 24.2 Å². The molecule has 1 atom stereocenters. The van der Waals surface area contributed by atoms with E-state index in [1.807, 2.05) is 0 Å². The SMILES string of the molecule is CC(OC(N)=O)c1ccc(NCc2ccc(F)cc2)nc1N. The smallest absolute Gasteiger partial charge is 0.405 e. The Kier molecular flexibility index (Phi) is 4.77. The average Bonchev–Trinajstić information content (AvgIpc) is 2.46. The van der Waals surface area contributed by atoms with E-state index in [1.54, 1.807) is 31.2 Å². The molecule has 0 fully saturated rings. The normalized spacial score (nSPS) is 11.7. The number of benzene rings is 1. The molecule has 2 rings (SSSR count). The van der Waals surface area contributed by atoms with E-state index < -0.39 is 12.2 Å². The van der Waals surface area contributed by atoms with Gasteiger partial charge in [-0.1, -0.05) is 12.1 Å². The number of amides is 1. The number of rotatable bonds is 5. The predicted octanol–water partition coefficient (Wildman–Crippen LogP) is 2.57. The second-order valence-electron chi connectivity index (χ2n) is 4.73. The van der Waals surface area contributed by atoms with E-state index >= 15 is 0 Å². The number of nitrogens with one attached hydrogen (secondary N) is 1. The van der Waals surface area contributed by atoms with Gasteiger partial charge in [0.25, 0.3) is 0 Å². The summed E-state index contributed by atoms with van der Waals surface area (Å²) in [5.41, 5.74) is 12.3. The van der Waals surface area contributed by atoms with Crippen LogP contribution in [-0.2, 0) is 11.3 Å². The Balaban J connectivity index is 2.02. The summed E-state index contributed by atoms with van der Waals surface area (Å²) in [5, 5.41) is 3.08. The number of nitrogens with two attached hydrogens (primary N) is 2. The number of carbonyl (C=O) groups excluding carboxylic acids is 1. The summed E-state index contributed by atoms with van der Waals surface area (Å²) in [6.07, 6.45) is -1.44. The van der Waals surface area contributed by atoms with Crippen molar-refractivity contribution in [3.63, 3.8) is 0 Å². The fourth-order valence-corrected chi connectivity index (χ4v) is 1.96. The highest BCUT2D eigenvalue weighted by molar-refractivity contribution is 5.65. The summed E-state index contributed by atoms with van der Waals surface area (Å²) in [6, 6.07) is 9.58. The minimum Gasteiger partial charge on any atom is -0.442 e. The molecule has 0 aliphatic carbocycles. The molecular formula is C15H17FN4O2. The van der Waals surface area contributed by atoms with Gasteiger partial charge in [0.05, 0.1) is 0 Å². The van der Waals surface area contributed by atoms with E-state index in [9.17, 15) is 9.18 Å². The molecule has 1 aromatic heterocycles. The van der Waals surface area contributed by atoms with Crippen LogP contribution in [-0.4, -0.2) is 11.1 Å². The largest absolute Gasteiger partial charge is 0.442 e. The fourth-order valence-electron chi connectivity index (χ4n) is 1.96. The summed E-state index contributed by atoms with van der Waals surface area (Å²) in [7, 11) is 0. The number of pyridine rings is 1. The third-order valence-corrected chi connectivity index (χ3v) is 3.08. The van der Waals surface area contributed by atoms with Crippen LogP contribution >= 0.6 is 0 Å². The van der Waals surface area contributed by atoms with Gasteiger partial charge in [-0.15, -0.1) is 0 Å². The van der Waals surface area contributed by atoms with Crippen molar-refractivity contribution >= 4 is 17.7 Å². The van der Waals surface area contributed by atoms with E-state index in [4.69, 9.17) is 16.2 Å². The van der Waals surface area contributed by atoms with Crippen molar-refractivity contribution < 1.29 is 13.9 Å². The number of nitrogen functional groups attached to an aromatic ring is 1. The first-order valence-corrected chi connectivity index (χ1v) is 6.66. The lowest BCUT2D eigenvalue weighted by Gasteiger charge is -2.14. The molecule has 0 bridgehead atoms. The standard InChI is InChI=1S/C15H17FN4O2/c1-9(22-15(18)21)12-6-7-13(20-14(12)17)19-8-10-2-4-11(16)5-3-10/h2-7,9H,8H2,1H3,(H2,18,21)(H3,17,19,20). The third kappa shape index (κ3) is 4.08. The molecule has 116 valence electrons. The van der Waals surface area contributed by atoms with Crippen molar-refractivity contribution in [1.29, 1.82) is 0 Å². The van der Waals surface area contributed by atoms with Crippen LogP contribution in [0.3, 0.4) is 0 Å². The molecule has 5 N–H and O–H groups in total. The first kappa shape index (κ1) is 15.6. The molecular weight excluding hydrogens is 287 g/mol. The van der Waals surface area contributed by atoms with Crippen molar-refractivity contribution in [1.82, 2.24) is 4.98 Å².